The molecule has 0 aromatic heterocycles. The minimum absolute atomic E-state index is 0.372. The van der Waals surface area contributed by atoms with Crippen LogP contribution >= 0.6 is 0 Å². The average Bonchev–Trinajstić information content (AvgIpc) is 1.41. The smallest absolute Gasteiger partial charge is 0.0288 e. The molecule has 0 radical (unpaired) electrons. The molecule has 0 spiro atoms. The van der Waals surface area contributed by atoms with E-state index in [4.69, 9.17) is 0 Å². The third kappa shape index (κ3) is 4.17. The van der Waals surface area contributed by atoms with Gasteiger partial charge in [-0.05, 0) is 16.7 Å². The van der Waals surface area contributed by atoms with Crippen molar-refractivity contribution in [1.29, 1.82) is 0 Å². The molecule has 0 unspecified atom stereocenters. The monoisotopic (exact) mass is 102 g/mol. The van der Waals surface area contributed by atoms with Crippen molar-refractivity contribution in [3.8, 4) is 0 Å². The van der Waals surface area contributed by atoms with Crippen LogP contribution in [-0.4, -0.2) is 18.8 Å². The Balaban J connectivity index is 2.62. The highest BCUT2D eigenvalue weighted by Gasteiger charge is 1.54. The maximum Gasteiger partial charge on any atom is 0.0288 e. The highest BCUT2D eigenvalue weighted by molar-refractivity contribution is 6.92. The molecule has 0 fully saturated rings. The van der Waals surface area contributed by atoms with Gasteiger partial charge >= 0.3 is 0 Å². The second-order valence-corrected chi connectivity index (χ2v) is 4.71. The first-order valence-corrected chi connectivity index (χ1v) is 8.50. The standard InChI is InChI=1S/C3H10Si2/c1-2-3-5-4/h2-3H,5H2,1,4H3. The Bertz CT molecular complexity index is 31.9. The summed E-state index contributed by atoms with van der Waals surface area (Å²) >= 11 is 0. The SMILES string of the molecule is CC=C[SiH2][SiH3]. The molecule has 0 N–H and O–H groups in total. The molecule has 0 aliphatic heterocycles. The first-order valence-electron chi connectivity index (χ1n) is 2.03. The van der Waals surface area contributed by atoms with Gasteiger partial charge in [0.15, 0.2) is 0 Å². The van der Waals surface area contributed by atoms with Crippen molar-refractivity contribution in [2.45, 2.75) is 6.92 Å². The Kier molecular flexibility index (Phi) is 4.32. The molecule has 5 heavy (non-hydrogen) atoms. The summed E-state index contributed by atoms with van der Waals surface area (Å²) in [5.74, 6) is 0. The van der Waals surface area contributed by atoms with E-state index in [2.05, 4.69) is 18.7 Å². The van der Waals surface area contributed by atoms with E-state index in [1.807, 2.05) is 0 Å². The summed E-state index contributed by atoms with van der Waals surface area (Å²) in [7, 11) is 1.82. The normalized spacial score (nSPS) is 13.0. The number of rotatable bonds is 1. The predicted octanol–water partition coefficient (Wildman–Crippen LogP) is -1.03. The number of hydrogen-bond acceptors (Lipinski definition) is 0. The van der Waals surface area contributed by atoms with Crippen LogP contribution in [0.15, 0.2) is 11.8 Å². The molecular formula is C3H10Si2. The highest BCUT2D eigenvalue weighted by Crippen LogP contribution is 1.57. The zero-order valence-electron chi connectivity index (χ0n) is 3.86. The van der Waals surface area contributed by atoms with Crippen molar-refractivity contribution in [3.05, 3.63) is 11.8 Å². The van der Waals surface area contributed by atoms with E-state index < -0.39 is 0 Å². The van der Waals surface area contributed by atoms with E-state index in [0.717, 1.165) is 0 Å². The van der Waals surface area contributed by atoms with Crippen molar-refractivity contribution in [3.63, 3.8) is 0 Å². The molecule has 0 aliphatic rings. The van der Waals surface area contributed by atoms with Gasteiger partial charge in [0.05, 0.1) is 0 Å². The van der Waals surface area contributed by atoms with Gasteiger partial charge in [-0.25, -0.2) is 0 Å². The topological polar surface area (TPSA) is 0 Å². The van der Waals surface area contributed by atoms with Crippen LogP contribution in [0.4, 0.5) is 0 Å². The Morgan fingerprint density at radius 3 is 2.40 bits per heavy atom. The molecule has 0 saturated carbocycles. The Morgan fingerprint density at radius 1 is 1.80 bits per heavy atom. The lowest BCUT2D eigenvalue weighted by molar-refractivity contribution is 1.78. The van der Waals surface area contributed by atoms with E-state index >= 15 is 0 Å². The van der Waals surface area contributed by atoms with Crippen LogP contribution in [0.25, 0.3) is 0 Å². The fourth-order valence-electron chi connectivity index (χ4n) is 0.236. The van der Waals surface area contributed by atoms with E-state index in [-0.39, 0.29) is 0 Å². The molecule has 0 saturated heterocycles. The molecule has 0 amide bonds. The van der Waals surface area contributed by atoms with Crippen molar-refractivity contribution < 1.29 is 0 Å². The van der Waals surface area contributed by atoms with Crippen LogP contribution in [0.2, 0.25) is 0 Å². The minimum atomic E-state index is 0.372. The van der Waals surface area contributed by atoms with Crippen molar-refractivity contribution in [2.75, 3.05) is 0 Å². The second kappa shape index (κ2) is 4.17. The van der Waals surface area contributed by atoms with Crippen LogP contribution in [0.3, 0.4) is 0 Å². The van der Waals surface area contributed by atoms with Crippen molar-refractivity contribution in [1.82, 2.24) is 0 Å². The maximum atomic E-state index is 2.33. The molecule has 0 heterocycles. The minimum Gasteiger partial charge on any atom is -0.109 e. The van der Waals surface area contributed by atoms with Gasteiger partial charge in [-0.15, -0.1) is 5.70 Å². The lowest BCUT2D eigenvalue weighted by atomic mass is 10.8. The highest BCUT2D eigenvalue weighted by atomic mass is 29.1. The summed E-state index contributed by atoms with van der Waals surface area (Å²) in [5, 5.41) is 0. The molecule has 0 rings (SSSR count). The summed E-state index contributed by atoms with van der Waals surface area (Å²) in [6.07, 6.45) is 2.15. The Morgan fingerprint density at radius 2 is 2.40 bits per heavy atom. The summed E-state index contributed by atoms with van der Waals surface area (Å²) < 4.78 is 0. The van der Waals surface area contributed by atoms with Gasteiger partial charge < -0.3 is 0 Å². The van der Waals surface area contributed by atoms with Gasteiger partial charge in [-0.3, -0.25) is 0 Å². The van der Waals surface area contributed by atoms with E-state index in [1.54, 1.807) is 0 Å². The van der Waals surface area contributed by atoms with Gasteiger partial charge in [0, 0.05) is 9.04 Å². The Hall–Kier alpha value is 0.174. The fraction of sp³-hybridized carbons (Fsp3) is 0.333. The summed E-state index contributed by atoms with van der Waals surface area (Å²) in [6, 6.07) is 0. The molecule has 0 aromatic rings. The lowest BCUT2D eigenvalue weighted by Gasteiger charge is -1.63. The van der Waals surface area contributed by atoms with Gasteiger partial charge in [-0.1, -0.05) is 6.08 Å². The third-order valence-electron chi connectivity index (χ3n) is 0.471. The van der Waals surface area contributed by atoms with Crippen molar-refractivity contribution >= 4 is 18.8 Å². The van der Waals surface area contributed by atoms with Crippen LogP contribution in [0, 0.1) is 0 Å². The van der Waals surface area contributed by atoms with Crippen molar-refractivity contribution in [2.24, 2.45) is 0 Å². The van der Waals surface area contributed by atoms with Gasteiger partial charge in [0.1, 0.15) is 0 Å². The zero-order chi connectivity index (χ0) is 4.12. The summed E-state index contributed by atoms with van der Waals surface area (Å²) in [4.78, 5) is 0. The third-order valence-corrected chi connectivity index (χ3v) is 2.83. The average molecular weight is 102 g/mol. The van der Waals surface area contributed by atoms with E-state index in [0.29, 0.717) is 9.04 Å². The molecule has 0 nitrogen and oxygen atoms in total. The lowest BCUT2D eigenvalue weighted by Crippen LogP contribution is -1.75. The first-order chi connectivity index (χ1) is 2.41. The van der Waals surface area contributed by atoms with Crippen LogP contribution in [0.1, 0.15) is 6.92 Å². The molecule has 0 aromatic carbocycles. The van der Waals surface area contributed by atoms with Crippen LogP contribution < -0.4 is 0 Å². The van der Waals surface area contributed by atoms with Crippen LogP contribution in [0.5, 0.6) is 0 Å². The van der Waals surface area contributed by atoms with Gasteiger partial charge in [0.2, 0.25) is 0 Å². The zero-order valence-corrected chi connectivity index (χ0v) is 7.28. The largest absolute Gasteiger partial charge is 0.109 e. The first kappa shape index (κ1) is 5.17. The quantitative estimate of drug-likeness (QED) is 0.371. The van der Waals surface area contributed by atoms with Gasteiger partial charge in [0.25, 0.3) is 0 Å². The summed E-state index contributed by atoms with van der Waals surface area (Å²) in [5.41, 5.74) is 2.33. The van der Waals surface area contributed by atoms with E-state index in [9.17, 15) is 0 Å². The molecule has 0 atom stereocenters. The Labute approximate surface area is 38.3 Å². The maximum absolute atomic E-state index is 2.33. The molecule has 0 bridgehead atoms. The molecular weight excluding hydrogens is 92.2 g/mol. The summed E-state index contributed by atoms with van der Waals surface area (Å²) in [6.45, 7) is 2.09. The predicted molar refractivity (Wildman–Crippen MR) is 33.3 cm³/mol. The van der Waals surface area contributed by atoms with E-state index in [1.165, 1.54) is 9.76 Å². The molecule has 30 valence electrons. The number of allylic oxidation sites excluding steroid dienone is 1. The van der Waals surface area contributed by atoms with Crippen LogP contribution in [-0.2, 0) is 0 Å². The molecule has 0 aliphatic carbocycles. The molecule has 2 heteroatoms. The van der Waals surface area contributed by atoms with Gasteiger partial charge in [-0.2, -0.15) is 0 Å². The second-order valence-electron chi connectivity index (χ2n) is 0.977. The number of hydrogen-bond donors (Lipinski definition) is 0. The fourth-order valence-corrected chi connectivity index (χ4v) is 2.12.